The van der Waals surface area contributed by atoms with Crippen molar-refractivity contribution in [1.29, 1.82) is 0 Å². The Kier molecular flexibility index (Phi) is 5.36. The average molecular weight is 248 g/mol. The third-order valence-electron chi connectivity index (χ3n) is 3.36. The van der Waals surface area contributed by atoms with Crippen molar-refractivity contribution in [3.05, 3.63) is 35.4 Å². The molecule has 0 aliphatic carbocycles. The molecule has 1 aromatic rings. The van der Waals surface area contributed by atoms with Gasteiger partial charge in [-0.2, -0.15) is 0 Å². The van der Waals surface area contributed by atoms with Crippen molar-refractivity contribution in [2.45, 2.75) is 52.7 Å². The lowest BCUT2D eigenvalue weighted by atomic mass is 10.1. The predicted octanol–water partition coefficient (Wildman–Crippen LogP) is 3.20. The minimum Gasteiger partial charge on any atom is -0.311 e. The maximum absolute atomic E-state index is 3.56. The number of rotatable bonds is 5. The van der Waals surface area contributed by atoms with Gasteiger partial charge in [-0.25, -0.2) is 0 Å². The van der Waals surface area contributed by atoms with E-state index < -0.39 is 0 Å². The molecule has 0 fully saturated rings. The third kappa shape index (κ3) is 5.19. The number of hydrogen-bond donors (Lipinski definition) is 1. The van der Waals surface area contributed by atoms with Gasteiger partial charge in [0.2, 0.25) is 0 Å². The summed E-state index contributed by atoms with van der Waals surface area (Å²) in [5.74, 6) is 0. The summed E-state index contributed by atoms with van der Waals surface area (Å²) in [5, 5.41) is 3.56. The van der Waals surface area contributed by atoms with Crippen LogP contribution in [0.25, 0.3) is 0 Å². The van der Waals surface area contributed by atoms with E-state index in [1.807, 2.05) is 0 Å². The van der Waals surface area contributed by atoms with Crippen molar-refractivity contribution in [2.75, 3.05) is 13.6 Å². The fraction of sp³-hybridized carbons (Fsp3) is 0.625. The molecule has 102 valence electrons. The van der Waals surface area contributed by atoms with Crippen LogP contribution in [0, 0.1) is 6.92 Å². The number of nitrogens with one attached hydrogen (secondary N) is 1. The van der Waals surface area contributed by atoms with E-state index >= 15 is 0 Å². The largest absolute Gasteiger partial charge is 0.311 e. The van der Waals surface area contributed by atoms with Crippen LogP contribution in [0.5, 0.6) is 0 Å². The summed E-state index contributed by atoms with van der Waals surface area (Å²) in [6, 6.07) is 9.15. The van der Waals surface area contributed by atoms with Crippen molar-refractivity contribution in [3.8, 4) is 0 Å². The van der Waals surface area contributed by atoms with E-state index in [9.17, 15) is 0 Å². The Morgan fingerprint density at radius 2 is 1.83 bits per heavy atom. The van der Waals surface area contributed by atoms with Crippen LogP contribution in [0.1, 0.15) is 38.8 Å². The molecule has 18 heavy (non-hydrogen) atoms. The van der Waals surface area contributed by atoms with Gasteiger partial charge in [0.15, 0.2) is 0 Å². The number of likely N-dealkylation sites (N-methyl/N-ethyl adjacent to an activating group) is 1. The second kappa shape index (κ2) is 6.35. The first-order chi connectivity index (χ1) is 8.29. The lowest BCUT2D eigenvalue weighted by Gasteiger charge is -2.29. The van der Waals surface area contributed by atoms with E-state index in [4.69, 9.17) is 0 Å². The van der Waals surface area contributed by atoms with Gasteiger partial charge in [-0.3, -0.25) is 4.90 Å². The van der Waals surface area contributed by atoms with Gasteiger partial charge in [-0.15, -0.1) is 0 Å². The van der Waals surface area contributed by atoms with E-state index in [0.717, 1.165) is 13.1 Å². The topological polar surface area (TPSA) is 15.3 Å². The van der Waals surface area contributed by atoms with E-state index in [2.05, 4.69) is 76.1 Å². The van der Waals surface area contributed by atoms with E-state index in [1.165, 1.54) is 11.1 Å². The maximum atomic E-state index is 3.56. The first-order valence-electron chi connectivity index (χ1n) is 6.79. The summed E-state index contributed by atoms with van der Waals surface area (Å²) >= 11 is 0. The molecule has 1 N–H and O–H groups in total. The molecule has 0 heterocycles. The van der Waals surface area contributed by atoms with Gasteiger partial charge >= 0.3 is 0 Å². The second-order valence-corrected chi connectivity index (χ2v) is 6.32. The molecule has 0 spiro atoms. The van der Waals surface area contributed by atoms with Crippen molar-refractivity contribution >= 4 is 0 Å². The Morgan fingerprint density at radius 1 is 1.22 bits per heavy atom. The zero-order valence-electron chi connectivity index (χ0n) is 12.7. The number of aryl methyl sites for hydroxylation is 1. The normalized spacial score (nSPS) is 13.9. The molecule has 0 saturated carbocycles. The van der Waals surface area contributed by atoms with Crippen LogP contribution in [0.3, 0.4) is 0 Å². The molecule has 2 nitrogen and oxygen atoms in total. The molecule has 0 radical (unpaired) electrons. The Labute approximate surface area is 112 Å². The van der Waals surface area contributed by atoms with E-state index in [0.29, 0.717) is 6.04 Å². The average Bonchev–Trinajstić information content (AvgIpc) is 2.28. The quantitative estimate of drug-likeness (QED) is 0.861. The van der Waals surface area contributed by atoms with Crippen LogP contribution in [0.15, 0.2) is 24.3 Å². The van der Waals surface area contributed by atoms with Gasteiger partial charge in [-0.1, -0.05) is 24.3 Å². The number of benzene rings is 1. The highest BCUT2D eigenvalue weighted by Gasteiger charge is 2.14. The first kappa shape index (κ1) is 15.2. The van der Waals surface area contributed by atoms with E-state index in [1.54, 1.807) is 0 Å². The van der Waals surface area contributed by atoms with Crippen LogP contribution >= 0.6 is 0 Å². The minimum absolute atomic E-state index is 0.192. The lowest BCUT2D eigenvalue weighted by Crippen LogP contribution is -2.45. The van der Waals surface area contributed by atoms with E-state index in [-0.39, 0.29) is 5.54 Å². The van der Waals surface area contributed by atoms with Crippen LogP contribution in [-0.4, -0.2) is 30.1 Å². The highest BCUT2D eigenvalue weighted by molar-refractivity contribution is 5.25. The fourth-order valence-electron chi connectivity index (χ4n) is 1.82. The van der Waals surface area contributed by atoms with Crippen LogP contribution in [0.4, 0.5) is 0 Å². The van der Waals surface area contributed by atoms with Gasteiger partial charge < -0.3 is 5.32 Å². The Bertz CT molecular complexity index is 366. The second-order valence-electron chi connectivity index (χ2n) is 6.32. The first-order valence-corrected chi connectivity index (χ1v) is 6.79. The van der Waals surface area contributed by atoms with Crippen molar-refractivity contribution in [2.24, 2.45) is 0 Å². The molecule has 1 atom stereocenters. The number of nitrogens with zero attached hydrogens (tertiary/aromatic N) is 1. The molecule has 0 bridgehead atoms. The molecule has 0 amide bonds. The van der Waals surface area contributed by atoms with Gasteiger partial charge in [0.25, 0.3) is 0 Å². The lowest BCUT2D eigenvalue weighted by molar-refractivity contribution is 0.228. The highest BCUT2D eigenvalue weighted by atomic mass is 15.1. The van der Waals surface area contributed by atoms with Gasteiger partial charge in [0.1, 0.15) is 0 Å². The van der Waals surface area contributed by atoms with Crippen molar-refractivity contribution in [1.82, 2.24) is 10.2 Å². The molecular formula is C16H28N2. The Balaban J connectivity index is 2.50. The molecule has 1 unspecified atom stereocenters. The molecule has 1 aromatic carbocycles. The molecule has 1 rings (SSSR count). The molecule has 0 aliphatic heterocycles. The van der Waals surface area contributed by atoms with Gasteiger partial charge in [0.05, 0.1) is 0 Å². The van der Waals surface area contributed by atoms with Crippen LogP contribution in [-0.2, 0) is 6.54 Å². The van der Waals surface area contributed by atoms with Crippen LogP contribution in [0.2, 0.25) is 0 Å². The fourth-order valence-corrected chi connectivity index (χ4v) is 1.82. The molecule has 0 aromatic heterocycles. The summed E-state index contributed by atoms with van der Waals surface area (Å²) in [7, 11) is 2.20. The summed E-state index contributed by atoms with van der Waals surface area (Å²) in [6.45, 7) is 13.1. The van der Waals surface area contributed by atoms with Gasteiger partial charge in [0, 0.05) is 24.7 Å². The zero-order chi connectivity index (χ0) is 13.8. The predicted molar refractivity (Wildman–Crippen MR) is 79.9 cm³/mol. The summed E-state index contributed by atoms with van der Waals surface area (Å²) < 4.78 is 0. The molecular weight excluding hydrogens is 220 g/mol. The maximum Gasteiger partial charge on any atom is 0.0236 e. The molecule has 0 saturated heterocycles. The number of hydrogen-bond acceptors (Lipinski definition) is 2. The smallest absolute Gasteiger partial charge is 0.0236 e. The van der Waals surface area contributed by atoms with Gasteiger partial charge in [-0.05, 0) is 52.8 Å². The summed E-state index contributed by atoms with van der Waals surface area (Å²) in [4.78, 5) is 2.40. The Hall–Kier alpha value is -0.860. The molecule has 2 heteroatoms. The van der Waals surface area contributed by atoms with Crippen LogP contribution < -0.4 is 5.32 Å². The Morgan fingerprint density at radius 3 is 2.39 bits per heavy atom. The summed E-state index contributed by atoms with van der Waals surface area (Å²) in [5.41, 5.74) is 2.99. The zero-order valence-corrected chi connectivity index (χ0v) is 12.7. The standard InChI is InChI=1S/C16H28N2/c1-13-9-7-8-10-15(13)12-18(6)14(2)11-17-16(3,4)5/h7-10,14,17H,11-12H2,1-6H3. The molecule has 0 aliphatic rings. The highest BCUT2D eigenvalue weighted by Crippen LogP contribution is 2.11. The third-order valence-corrected chi connectivity index (χ3v) is 3.36. The minimum atomic E-state index is 0.192. The summed E-state index contributed by atoms with van der Waals surface area (Å²) in [6.07, 6.45) is 0. The van der Waals surface area contributed by atoms with Crippen molar-refractivity contribution < 1.29 is 0 Å². The SMILES string of the molecule is Cc1ccccc1CN(C)C(C)CNC(C)(C)C. The van der Waals surface area contributed by atoms with Crippen molar-refractivity contribution in [3.63, 3.8) is 0 Å². The monoisotopic (exact) mass is 248 g/mol.